The predicted octanol–water partition coefficient (Wildman–Crippen LogP) is 2.44. The first-order valence-electron chi connectivity index (χ1n) is 7.60. The third-order valence-electron chi connectivity index (χ3n) is 3.76. The van der Waals surface area contributed by atoms with Crippen LogP contribution in [-0.4, -0.2) is 32.6 Å². The van der Waals surface area contributed by atoms with Crippen LogP contribution >= 0.6 is 0 Å². The molecule has 3 rings (SSSR count). The summed E-state index contributed by atoms with van der Waals surface area (Å²) in [5, 5.41) is 8.10. The van der Waals surface area contributed by atoms with E-state index in [0.29, 0.717) is 11.3 Å². The molecule has 27 heavy (non-hydrogen) atoms. The summed E-state index contributed by atoms with van der Waals surface area (Å²) in [5.74, 6) is -0.881. The molecule has 0 spiro atoms. The second-order valence-electron chi connectivity index (χ2n) is 5.60. The first kappa shape index (κ1) is 18.4. The Hall–Kier alpha value is -3.43. The number of hydrogen-bond donors (Lipinski definition) is 0. The Morgan fingerprint density at radius 3 is 2.37 bits per heavy atom. The van der Waals surface area contributed by atoms with E-state index in [1.165, 1.54) is 35.3 Å². The molecule has 10 heteroatoms. The van der Waals surface area contributed by atoms with E-state index in [9.17, 15) is 22.8 Å². The lowest BCUT2D eigenvalue weighted by molar-refractivity contribution is -0.137. The fourth-order valence-electron chi connectivity index (χ4n) is 2.41. The topological polar surface area (TPSA) is 79.0 Å². The van der Waals surface area contributed by atoms with Crippen LogP contribution in [0.3, 0.4) is 0 Å². The van der Waals surface area contributed by atoms with Gasteiger partial charge < -0.3 is 4.74 Å². The average molecular weight is 378 g/mol. The van der Waals surface area contributed by atoms with Crippen molar-refractivity contribution in [2.75, 3.05) is 7.11 Å². The summed E-state index contributed by atoms with van der Waals surface area (Å²) in [6.07, 6.45) is -1.60. The molecule has 0 aliphatic carbocycles. The second kappa shape index (κ2) is 6.71. The lowest BCUT2D eigenvalue weighted by Crippen LogP contribution is -2.28. The zero-order valence-electron chi connectivity index (χ0n) is 14.2. The molecule has 0 fully saturated rings. The number of rotatable bonds is 3. The average Bonchev–Trinajstić information content (AvgIpc) is 3.07. The van der Waals surface area contributed by atoms with Crippen LogP contribution in [0, 0.1) is 0 Å². The van der Waals surface area contributed by atoms with Gasteiger partial charge in [-0.05, 0) is 18.2 Å². The molecule has 0 radical (unpaired) electrons. The van der Waals surface area contributed by atoms with Crippen LogP contribution in [0.4, 0.5) is 13.2 Å². The van der Waals surface area contributed by atoms with Gasteiger partial charge in [0.15, 0.2) is 0 Å². The number of halogens is 3. The minimum atomic E-state index is -4.47. The maximum absolute atomic E-state index is 12.7. The molecule has 0 aliphatic rings. The van der Waals surface area contributed by atoms with Crippen LogP contribution in [0.15, 0.2) is 47.5 Å². The molecule has 0 saturated carbocycles. The number of esters is 1. The summed E-state index contributed by atoms with van der Waals surface area (Å²) >= 11 is 0. The highest BCUT2D eigenvalue weighted by Gasteiger charge is 2.30. The number of aromatic nitrogens is 4. The van der Waals surface area contributed by atoms with Gasteiger partial charge in [-0.15, -0.1) is 0 Å². The summed E-state index contributed by atoms with van der Waals surface area (Å²) in [6.45, 7) is 0. The van der Waals surface area contributed by atoms with Crippen LogP contribution in [0.25, 0.3) is 16.9 Å². The summed E-state index contributed by atoms with van der Waals surface area (Å²) in [5.41, 5.74) is -1.13. The van der Waals surface area contributed by atoms with Crippen LogP contribution in [-0.2, 0) is 18.0 Å². The summed E-state index contributed by atoms with van der Waals surface area (Å²) in [7, 11) is 2.75. The maximum atomic E-state index is 12.7. The van der Waals surface area contributed by atoms with Crippen molar-refractivity contribution in [2.45, 2.75) is 6.18 Å². The number of ether oxygens (including phenoxy) is 1. The third kappa shape index (κ3) is 3.59. The number of nitrogens with zero attached hydrogens (tertiary/aromatic N) is 4. The molecule has 1 aromatic carbocycles. The van der Waals surface area contributed by atoms with Gasteiger partial charge in [0.05, 0.1) is 30.8 Å². The molecule has 3 aromatic rings. The van der Waals surface area contributed by atoms with Crippen molar-refractivity contribution in [3.63, 3.8) is 0 Å². The van der Waals surface area contributed by atoms with Crippen molar-refractivity contribution in [2.24, 2.45) is 7.05 Å². The van der Waals surface area contributed by atoms with E-state index in [1.807, 2.05) is 0 Å². The molecule has 140 valence electrons. The number of hydrogen-bond acceptors (Lipinski definition) is 5. The zero-order valence-corrected chi connectivity index (χ0v) is 14.2. The zero-order chi connectivity index (χ0) is 19.8. The van der Waals surface area contributed by atoms with E-state index >= 15 is 0 Å². The second-order valence-corrected chi connectivity index (χ2v) is 5.60. The SMILES string of the molecule is COC(=O)c1cc(-c2ccc(C(F)(F)F)cc2)nn(-c2cnn(C)c2)c1=O. The molecule has 0 bridgehead atoms. The van der Waals surface area contributed by atoms with Crippen molar-refractivity contribution in [1.29, 1.82) is 0 Å². The van der Waals surface area contributed by atoms with Gasteiger partial charge in [-0.25, -0.2) is 4.79 Å². The molecule has 0 atom stereocenters. The summed E-state index contributed by atoms with van der Waals surface area (Å²) in [6, 6.07) is 5.40. The van der Waals surface area contributed by atoms with E-state index in [-0.39, 0.29) is 11.3 Å². The molecule has 0 unspecified atom stereocenters. The van der Waals surface area contributed by atoms with E-state index in [2.05, 4.69) is 14.9 Å². The van der Waals surface area contributed by atoms with Crippen molar-refractivity contribution in [3.05, 3.63) is 64.2 Å². The van der Waals surface area contributed by atoms with Gasteiger partial charge in [-0.1, -0.05) is 12.1 Å². The standard InChI is InChI=1S/C17H13F3N4O3/c1-23-9-12(8-21-23)24-15(25)13(16(26)27-2)7-14(22-24)10-3-5-11(6-4-10)17(18,19)20/h3-9H,1-2H3. The highest BCUT2D eigenvalue weighted by Crippen LogP contribution is 2.30. The van der Waals surface area contributed by atoms with Gasteiger partial charge in [0.2, 0.25) is 0 Å². The third-order valence-corrected chi connectivity index (χ3v) is 3.76. The maximum Gasteiger partial charge on any atom is 0.416 e. The van der Waals surface area contributed by atoms with Gasteiger partial charge in [0.25, 0.3) is 5.56 Å². The molecular weight excluding hydrogens is 365 g/mol. The molecule has 2 aromatic heterocycles. The molecule has 0 saturated heterocycles. The largest absolute Gasteiger partial charge is 0.465 e. The molecular formula is C17H13F3N4O3. The molecule has 0 amide bonds. The molecule has 2 heterocycles. The van der Waals surface area contributed by atoms with Crippen LogP contribution in [0.5, 0.6) is 0 Å². The normalized spacial score (nSPS) is 11.4. The Morgan fingerprint density at radius 1 is 1.19 bits per heavy atom. The van der Waals surface area contributed by atoms with Crippen molar-refractivity contribution >= 4 is 5.97 Å². The van der Waals surface area contributed by atoms with E-state index in [0.717, 1.165) is 23.9 Å². The van der Waals surface area contributed by atoms with E-state index in [4.69, 9.17) is 0 Å². The molecule has 0 N–H and O–H groups in total. The van der Waals surface area contributed by atoms with Gasteiger partial charge >= 0.3 is 12.1 Å². The van der Waals surface area contributed by atoms with Crippen LogP contribution < -0.4 is 5.56 Å². The quantitative estimate of drug-likeness (QED) is 0.654. The number of alkyl halides is 3. The Morgan fingerprint density at radius 2 is 1.85 bits per heavy atom. The first-order chi connectivity index (χ1) is 12.7. The minimum absolute atomic E-state index is 0.132. The number of carbonyl (C=O) groups excluding carboxylic acids is 1. The Balaban J connectivity index is 2.18. The highest BCUT2D eigenvalue weighted by atomic mass is 19.4. The van der Waals surface area contributed by atoms with Crippen LogP contribution in [0.2, 0.25) is 0 Å². The summed E-state index contributed by atoms with van der Waals surface area (Å²) in [4.78, 5) is 24.5. The van der Waals surface area contributed by atoms with Gasteiger partial charge in [0, 0.05) is 12.6 Å². The van der Waals surface area contributed by atoms with Gasteiger partial charge in [0.1, 0.15) is 11.3 Å². The van der Waals surface area contributed by atoms with Crippen molar-refractivity contribution in [3.8, 4) is 16.9 Å². The van der Waals surface area contributed by atoms with E-state index < -0.39 is 23.3 Å². The molecule has 7 nitrogen and oxygen atoms in total. The number of benzene rings is 1. The molecule has 0 aliphatic heterocycles. The number of carbonyl (C=O) groups is 1. The van der Waals surface area contributed by atoms with E-state index in [1.54, 1.807) is 7.05 Å². The highest BCUT2D eigenvalue weighted by molar-refractivity contribution is 5.90. The van der Waals surface area contributed by atoms with Gasteiger partial charge in [-0.3, -0.25) is 9.48 Å². The minimum Gasteiger partial charge on any atom is -0.465 e. The Bertz CT molecular complexity index is 1050. The Kier molecular flexibility index (Phi) is 4.56. The Labute approximate surface area is 150 Å². The number of aryl methyl sites for hydroxylation is 1. The van der Waals surface area contributed by atoms with Crippen LogP contribution in [0.1, 0.15) is 15.9 Å². The monoisotopic (exact) mass is 378 g/mol. The smallest absolute Gasteiger partial charge is 0.416 e. The fraction of sp³-hybridized carbons (Fsp3) is 0.176. The predicted molar refractivity (Wildman–Crippen MR) is 88.4 cm³/mol. The summed E-state index contributed by atoms with van der Waals surface area (Å²) < 4.78 is 45.2. The van der Waals surface area contributed by atoms with Crippen molar-refractivity contribution in [1.82, 2.24) is 19.6 Å². The first-order valence-corrected chi connectivity index (χ1v) is 7.60. The fourth-order valence-corrected chi connectivity index (χ4v) is 2.41. The lowest BCUT2D eigenvalue weighted by Gasteiger charge is -2.10. The van der Waals surface area contributed by atoms with Crippen molar-refractivity contribution < 1.29 is 22.7 Å². The van der Waals surface area contributed by atoms with Gasteiger partial charge in [-0.2, -0.15) is 28.1 Å². The number of methoxy groups -OCH3 is 1. The lowest BCUT2D eigenvalue weighted by atomic mass is 10.1.